The Morgan fingerprint density at radius 3 is 2.45 bits per heavy atom. The summed E-state index contributed by atoms with van der Waals surface area (Å²) in [5, 5.41) is 3.26. The Labute approximate surface area is 120 Å². The second-order valence-corrected chi connectivity index (χ2v) is 5.25. The number of rotatable bonds is 6. The fourth-order valence-corrected chi connectivity index (χ4v) is 2.19. The maximum atomic E-state index is 12.3. The summed E-state index contributed by atoms with van der Waals surface area (Å²) < 4.78 is 37.0. The van der Waals surface area contributed by atoms with E-state index in [9.17, 15) is 18.0 Å². The lowest BCUT2D eigenvalue weighted by Gasteiger charge is -2.14. The molecule has 0 aliphatic heterocycles. The van der Waals surface area contributed by atoms with Crippen molar-refractivity contribution in [3.8, 4) is 0 Å². The molecule has 7 heteroatoms. The van der Waals surface area contributed by atoms with Gasteiger partial charge in [0.05, 0.1) is 16.3 Å². The van der Waals surface area contributed by atoms with Crippen molar-refractivity contribution in [1.29, 1.82) is 0 Å². The second kappa shape index (κ2) is 7.52. The van der Waals surface area contributed by atoms with Crippen LogP contribution in [0.2, 0.25) is 0 Å². The van der Waals surface area contributed by atoms with E-state index in [0.29, 0.717) is 5.03 Å². The summed E-state index contributed by atoms with van der Waals surface area (Å²) in [6.07, 6.45) is -1.90. The Morgan fingerprint density at radius 2 is 2.00 bits per heavy atom. The molecule has 0 spiro atoms. The molecule has 0 aliphatic rings. The Balaban J connectivity index is 2.48. The first-order valence-corrected chi connectivity index (χ1v) is 7.30. The van der Waals surface area contributed by atoms with Gasteiger partial charge in [0.1, 0.15) is 0 Å². The first-order chi connectivity index (χ1) is 9.36. The molecule has 0 unspecified atom stereocenters. The second-order valence-electron chi connectivity index (χ2n) is 4.25. The van der Waals surface area contributed by atoms with Gasteiger partial charge in [-0.05, 0) is 25.0 Å². The molecule has 0 saturated carbocycles. The lowest BCUT2D eigenvalue weighted by atomic mass is 10.2. The van der Waals surface area contributed by atoms with Gasteiger partial charge in [0.2, 0.25) is 5.91 Å². The summed E-state index contributed by atoms with van der Waals surface area (Å²) in [5.74, 6) is 0.0138. The molecule has 0 bridgehead atoms. The summed E-state index contributed by atoms with van der Waals surface area (Å²) in [6.45, 7) is 3.97. The first-order valence-electron chi connectivity index (χ1n) is 6.32. The number of pyridine rings is 1. The predicted molar refractivity (Wildman–Crippen MR) is 72.5 cm³/mol. The van der Waals surface area contributed by atoms with Gasteiger partial charge >= 0.3 is 6.18 Å². The molecule has 20 heavy (non-hydrogen) atoms. The van der Waals surface area contributed by atoms with Gasteiger partial charge in [0, 0.05) is 12.2 Å². The van der Waals surface area contributed by atoms with Crippen LogP contribution in [0.4, 0.5) is 13.2 Å². The number of amides is 1. The minimum absolute atomic E-state index is 0.134. The highest BCUT2D eigenvalue weighted by Gasteiger charge is 2.30. The number of halogens is 3. The third kappa shape index (κ3) is 5.40. The summed E-state index contributed by atoms with van der Waals surface area (Å²) in [7, 11) is 0. The summed E-state index contributed by atoms with van der Waals surface area (Å²) in [6, 6.07) is 2.38. The van der Waals surface area contributed by atoms with Gasteiger partial charge in [-0.1, -0.05) is 25.6 Å². The highest BCUT2D eigenvalue weighted by atomic mass is 32.2. The lowest BCUT2D eigenvalue weighted by Crippen LogP contribution is -2.35. The molecule has 0 aromatic carbocycles. The van der Waals surface area contributed by atoms with Crippen molar-refractivity contribution in [3.05, 3.63) is 23.9 Å². The maximum Gasteiger partial charge on any atom is 0.417 e. The van der Waals surface area contributed by atoms with Crippen molar-refractivity contribution in [2.24, 2.45) is 0 Å². The van der Waals surface area contributed by atoms with E-state index in [4.69, 9.17) is 0 Å². The first kappa shape index (κ1) is 16.8. The molecule has 0 aliphatic carbocycles. The van der Waals surface area contributed by atoms with E-state index in [0.717, 1.165) is 36.9 Å². The minimum atomic E-state index is -4.39. The highest BCUT2D eigenvalue weighted by molar-refractivity contribution is 7.99. The standard InChI is InChI=1S/C13H17F3N2OS/c1-3-10(4-2)18-11(19)8-20-12-6-5-9(7-17-12)13(14,15)16/h5-7,10H,3-4,8H2,1-2H3,(H,18,19). The van der Waals surface area contributed by atoms with Crippen molar-refractivity contribution in [2.45, 2.75) is 43.9 Å². The van der Waals surface area contributed by atoms with Crippen LogP contribution in [0.5, 0.6) is 0 Å². The maximum absolute atomic E-state index is 12.3. The molecule has 1 heterocycles. The SMILES string of the molecule is CCC(CC)NC(=O)CSc1ccc(C(F)(F)F)cn1. The average molecular weight is 306 g/mol. The van der Waals surface area contributed by atoms with E-state index in [2.05, 4.69) is 10.3 Å². The normalized spacial score (nSPS) is 11.7. The van der Waals surface area contributed by atoms with Gasteiger partial charge < -0.3 is 5.32 Å². The number of nitrogens with zero attached hydrogens (tertiary/aromatic N) is 1. The molecular formula is C13H17F3N2OS. The minimum Gasteiger partial charge on any atom is -0.353 e. The average Bonchev–Trinajstić information content (AvgIpc) is 2.42. The number of hydrogen-bond donors (Lipinski definition) is 1. The van der Waals surface area contributed by atoms with Crippen molar-refractivity contribution in [1.82, 2.24) is 10.3 Å². The largest absolute Gasteiger partial charge is 0.417 e. The Morgan fingerprint density at radius 1 is 1.35 bits per heavy atom. The van der Waals surface area contributed by atoms with Crippen LogP contribution in [0.1, 0.15) is 32.3 Å². The zero-order valence-corrected chi connectivity index (χ0v) is 12.1. The molecule has 1 amide bonds. The molecule has 3 nitrogen and oxygen atoms in total. The van der Waals surface area contributed by atoms with Gasteiger partial charge in [0.25, 0.3) is 0 Å². The van der Waals surface area contributed by atoms with Crippen LogP contribution in [-0.4, -0.2) is 22.7 Å². The third-order valence-electron chi connectivity index (χ3n) is 2.77. The number of carbonyl (C=O) groups is 1. The summed E-state index contributed by atoms with van der Waals surface area (Å²) in [5.41, 5.74) is -0.789. The van der Waals surface area contributed by atoms with E-state index in [1.165, 1.54) is 6.07 Å². The summed E-state index contributed by atoms with van der Waals surface area (Å²) in [4.78, 5) is 15.3. The van der Waals surface area contributed by atoms with Crippen LogP contribution < -0.4 is 5.32 Å². The molecule has 0 atom stereocenters. The van der Waals surface area contributed by atoms with Crippen LogP contribution in [0.25, 0.3) is 0 Å². The van der Waals surface area contributed by atoms with Crippen molar-refractivity contribution in [2.75, 3.05) is 5.75 Å². The van der Waals surface area contributed by atoms with E-state index >= 15 is 0 Å². The zero-order valence-electron chi connectivity index (χ0n) is 11.3. The van der Waals surface area contributed by atoms with Gasteiger partial charge in [-0.3, -0.25) is 4.79 Å². The smallest absolute Gasteiger partial charge is 0.353 e. The van der Waals surface area contributed by atoms with Crippen LogP contribution in [0.15, 0.2) is 23.4 Å². The van der Waals surface area contributed by atoms with Crippen molar-refractivity contribution in [3.63, 3.8) is 0 Å². The van der Waals surface area contributed by atoms with Gasteiger partial charge in [0.15, 0.2) is 0 Å². The van der Waals surface area contributed by atoms with Crippen LogP contribution in [0.3, 0.4) is 0 Å². The molecule has 0 saturated heterocycles. The molecular weight excluding hydrogens is 289 g/mol. The number of nitrogens with one attached hydrogen (secondary N) is 1. The number of hydrogen-bond acceptors (Lipinski definition) is 3. The number of alkyl halides is 3. The third-order valence-corrected chi connectivity index (χ3v) is 3.71. The molecule has 112 valence electrons. The van der Waals surface area contributed by atoms with E-state index in [1.54, 1.807) is 0 Å². The van der Waals surface area contributed by atoms with Gasteiger partial charge in [-0.15, -0.1) is 0 Å². The number of thioether (sulfide) groups is 1. The zero-order chi connectivity index (χ0) is 15.2. The topological polar surface area (TPSA) is 42.0 Å². The number of aromatic nitrogens is 1. The molecule has 1 aromatic heterocycles. The Bertz CT molecular complexity index is 430. The van der Waals surface area contributed by atoms with Crippen LogP contribution in [-0.2, 0) is 11.0 Å². The predicted octanol–water partition coefficient (Wildman–Crippen LogP) is 3.50. The molecule has 1 rings (SSSR count). The number of carbonyl (C=O) groups excluding carboxylic acids is 1. The summed E-state index contributed by atoms with van der Waals surface area (Å²) >= 11 is 1.12. The van der Waals surface area contributed by atoms with Crippen LogP contribution in [0, 0.1) is 0 Å². The highest BCUT2D eigenvalue weighted by Crippen LogP contribution is 2.29. The quantitative estimate of drug-likeness (QED) is 0.818. The van der Waals surface area contributed by atoms with Gasteiger partial charge in [-0.25, -0.2) is 4.98 Å². The fourth-order valence-electron chi connectivity index (χ4n) is 1.53. The fraction of sp³-hybridized carbons (Fsp3) is 0.538. The molecule has 1 aromatic rings. The van der Waals surface area contributed by atoms with Crippen molar-refractivity contribution >= 4 is 17.7 Å². The molecule has 0 fully saturated rings. The van der Waals surface area contributed by atoms with Crippen LogP contribution >= 0.6 is 11.8 Å². The monoisotopic (exact) mass is 306 g/mol. The molecule has 0 radical (unpaired) electrons. The van der Waals surface area contributed by atoms with E-state index in [-0.39, 0.29) is 17.7 Å². The van der Waals surface area contributed by atoms with E-state index < -0.39 is 11.7 Å². The molecule has 1 N–H and O–H groups in total. The Kier molecular flexibility index (Phi) is 6.32. The van der Waals surface area contributed by atoms with Gasteiger partial charge in [-0.2, -0.15) is 13.2 Å². The Hall–Kier alpha value is -1.24. The van der Waals surface area contributed by atoms with E-state index in [1.807, 2.05) is 13.8 Å². The van der Waals surface area contributed by atoms with Crippen molar-refractivity contribution < 1.29 is 18.0 Å². The lowest BCUT2D eigenvalue weighted by molar-refractivity contribution is -0.137.